The van der Waals surface area contributed by atoms with Crippen LogP contribution < -0.4 is 10.6 Å². The zero-order chi connectivity index (χ0) is 15.5. The first-order valence-corrected chi connectivity index (χ1v) is 7.46. The van der Waals surface area contributed by atoms with Gasteiger partial charge < -0.3 is 20.1 Å². The average Bonchev–Trinajstić information content (AvgIpc) is 2.47. The highest BCUT2D eigenvalue weighted by molar-refractivity contribution is 5.73. The van der Waals surface area contributed by atoms with Gasteiger partial charge in [-0.05, 0) is 32.8 Å². The molecule has 0 radical (unpaired) electrons. The van der Waals surface area contributed by atoms with E-state index in [1.165, 1.54) is 11.1 Å². The van der Waals surface area contributed by atoms with Crippen LogP contribution in [0.4, 0.5) is 4.79 Å². The van der Waals surface area contributed by atoms with E-state index in [1.807, 2.05) is 13.8 Å². The molecule has 1 aromatic rings. The molecular weight excluding hydrogens is 268 g/mol. The molecule has 1 rings (SSSR count). The summed E-state index contributed by atoms with van der Waals surface area (Å²) >= 11 is 0. The van der Waals surface area contributed by atoms with Crippen LogP contribution in [-0.2, 0) is 15.9 Å². The second-order valence-electron chi connectivity index (χ2n) is 4.71. The summed E-state index contributed by atoms with van der Waals surface area (Å²) in [4.78, 5) is 11.7. The average molecular weight is 294 g/mol. The number of hydrogen-bond acceptors (Lipinski definition) is 3. The van der Waals surface area contributed by atoms with Crippen molar-refractivity contribution in [1.82, 2.24) is 10.6 Å². The second kappa shape index (κ2) is 10.2. The van der Waals surface area contributed by atoms with Crippen molar-refractivity contribution in [3.63, 3.8) is 0 Å². The summed E-state index contributed by atoms with van der Waals surface area (Å²) in [7, 11) is 0. The molecule has 0 aliphatic carbocycles. The summed E-state index contributed by atoms with van der Waals surface area (Å²) in [6, 6.07) is 8.10. The van der Waals surface area contributed by atoms with Crippen molar-refractivity contribution in [1.29, 1.82) is 0 Å². The van der Waals surface area contributed by atoms with Gasteiger partial charge in [-0.3, -0.25) is 0 Å². The number of urea groups is 1. The molecule has 21 heavy (non-hydrogen) atoms. The number of ether oxygens (including phenoxy) is 2. The predicted octanol–water partition coefficient (Wildman–Crippen LogP) is 2.24. The van der Waals surface area contributed by atoms with Crippen molar-refractivity contribution in [2.24, 2.45) is 0 Å². The Bertz CT molecular complexity index is 400. The van der Waals surface area contributed by atoms with Crippen LogP contribution in [0.5, 0.6) is 0 Å². The van der Waals surface area contributed by atoms with Crippen molar-refractivity contribution in [2.45, 2.75) is 33.5 Å². The largest absolute Gasteiger partial charge is 0.351 e. The van der Waals surface area contributed by atoms with E-state index in [0.29, 0.717) is 26.3 Å². The van der Waals surface area contributed by atoms with Crippen LogP contribution >= 0.6 is 0 Å². The standard InChI is InChI=1S/C16H26N2O3/c1-4-20-15(21-5-2)12-18-16(19)17-11-10-14-8-6-13(3)7-9-14/h6-9,15H,4-5,10-12H2,1-3H3,(H2,17,18,19). The number of carbonyl (C=O) groups excluding carboxylic acids is 1. The minimum absolute atomic E-state index is 0.202. The van der Waals surface area contributed by atoms with Gasteiger partial charge in [-0.25, -0.2) is 4.79 Å². The maximum absolute atomic E-state index is 11.7. The van der Waals surface area contributed by atoms with Crippen LogP contribution in [0, 0.1) is 6.92 Å². The van der Waals surface area contributed by atoms with Gasteiger partial charge in [0.25, 0.3) is 0 Å². The Kier molecular flexibility index (Phi) is 8.47. The highest BCUT2D eigenvalue weighted by atomic mass is 16.7. The van der Waals surface area contributed by atoms with Crippen molar-refractivity contribution >= 4 is 6.03 Å². The van der Waals surface area contributed by atoms with Gasteiger partial charge in [0, 0.05) is 19.8 Å². The minimum atomic E-state index is -0.386. The van der Waals surface area contributed by atoms with Crippen LogP contribution in [0.2, 0.25) is 0 Å². The zero-order valence-electron chi connectivity index (χ0n) is 13.1. The van der Waals surface area contributed by atoms with Crippen LogP contribution in [0.3, 0.4) is 0 Å². The van der Waals surface area contributed by atoms with Crippen molar-refractivity contribution < 1.29 is 14.3 Å². The third-order valence-corrected chi connectivity index (χ3v) is 2.95. The molecule has 5 nitrogen and oxygen atoms in total. The topological polar surface area (TPSA) is 59.6 Å². The van der Waals surface area contributed by atoms with Crippen LogP contribution in [0.25, 0.3) is 0 Å². The van der Waals surface area contributed by atoms with Gasteiger partial charge in [0.1, 0.15) is 0 Å². The fourth-order valence-electron chi connectivity index (χ4n) is 1.85. The molecule has 1 aromatic carbocycles. The summed E-state index contributed by atoms with van der Waals surface area (Å²) in [5, 5.41) is 5.57. The Hall–Kier alpha value is -1.59. The molecule has 0 unspecified atom stereocenters. The first kappa shape index (κ1) is 17.5. The molecule has 0 atom stereocenters. The first-order chi connectivity index (χ1) is 10.2. The summed E-state index contributed by atoms with van der Waals surface area (Å²) < 4.78 is 10.7. The third kappa shape index (κ3) is 7.68. The van der Waals surface area contributed by atoms with E-state index < -0.39 is 0 Å². The Labute approximate surface area is 127 Å². The molecule has 0 heterocycles. The first-order valence-electron chi connectivity index (χ1n) is 7.46. The smallest absolute Gasteiger partial charge is 0.314 e. The molecule has 0 saturated heterocycles. The highest BCUT2D eigenvalue weighted by Crippen LogP contribution is 2.03. The van der Waals surface area contributed by atoms with Gasteiger partial charge in [0.2, 0.25) is 0 Å². The molecule has 0 fully saturated rings. The minimum Gasteiger partial charge on any atom is -0.351 e. The number of aryl methyl sites for hydroxylation is 1. The normalized spacial score (nSPS) is 10.7. The maximum Gasteiger partial charge on any atom is 0.314 e. The van der Waals surface area contributed by atoms with Crippen molar-refractivity contribution in [3.8, 4) is 0 Å². The Morgan fingerprint density at radius 3 is 2.29 bits per heavy atom. The molecule has 0 aromatic heterocycles. The van der Waals surface area contributed by atoms with E-state index in [4.69, 9.17) is 9.47 Å². The monoisotopic (exact) mass is 294 g/mol. The SMILES string of the molecule is CCOC(CNC(=O)NCCc1ccc(C)cc1)OCC. The summed E-state index contributed by atoms with van der Waals surface area (Å²) in [5.74, 6) is 0. The molecule has 2 N–H and O–H groups in total. The zero-order valence-corrected chi connectivity index (χ0v) is 13.1. The fraction of sp³-hybridized carbons (Fsp3) is 0.562. The molecule has 0 saturated carbocycles. The van der Waals surface area contributed by atoms with Crippen molar-refractivity contribution in [3.05, 3.63) is 35.4 Å². The Balaban J connectivity index is 2.19. The van der Waals surface area contributed by atoms with Crippen LogP contribution in [0.15, 0.2) is 24.3 Å². The number of rotatable bonds is 9. The Morgan fingerprint density at radius 2 is 1.71 bits per heavy atom. The molecular formula is C16H26N2O3. The van der Waals surface area contributed by atoms with Gasteiger partial charge in [0.15, 0.2) is 6.29 Å². The second-order valence-corrected chi connectivity index (χ2v) is 4.71. The van der Waals surface area contributed by atoms with Crippen LogP contribution in [-0.4, -0.2) is 38.6 Å². The van der Waals surface area contributed by atoms with Crippen molar-refractivity contribution in [2.75, 3.05) is 26.3 Å². The molecule has 0 aliphatic heterocycles. The lowest BCUT2D eigenvalue weighted by molar-refractivity contribution is -0.131. The van der Waals surface area contributed by atoms with Crippen LogP contribution in [0.1, 0.15) is 25.0 Å². The van der Waals surface area contributed by atoms with E-state index in [9.17, 15) is 4.79 Å². The summed E-state index contributed by atoms with van der Waals surface area (Å²) in [6.45, 7) is 7.91. The molecule has 2 amide bonds. The van der Waals surface area contributed by atoms with Gasteiger partial charge in [-0.2, -0.15) is 0 Å². The number of nitrogens with one attached hydrogen (secondary N) is 2. The molecule has 5 heteroatoms. The number of hydrogen-bond donors (Lipinski definition) is 2. The lowest BCUT2D eigenvalue weighted by atomic mass is 10.1. The fourth-order valence-corrected chi connectivity index (χ4v) is 1.85. The van der Waals surface area contributed by atoms with Gasteiger partial charge >= 0.3 is 6.03 Å². The Morgan fingerprint density at radius 1 is 1.10 bits per heavy atom. The third-order valence-electron chi connectivity index (χ3n) is 2.95. The van der Waals surface area contributed by atoms with Gasteiger partial charge in [0.05, 0.1) is 6.54 Å². The maximum atomic E-state index is 11.7. The quantitative estimate of drug-likeness (QED) is 0.687. The molecule has 0 spiro atoms. The van der Waals surface area contributed by atoms with Gasteiger partial charge in [-0.15, -0.1) is 0 Å². The summed E-state index contributed by atoms with van der Waals surface area (Å²) in [5.41, 5.74) is 2.45. The van der Waals surface area contributed by atoms with Gasteiger partial charge in [-0.1, -0.05) is 29.8 Å². The molecule has 118 valence electrons. The number of carbonyl (C=O) groups is 1. The van der Waals surface area contributed by atoms with E-state index >= 15 is 0 Å². The summed E-state index contributed by atoms with van der Waals surface area (Å²) in [6.07, 6.45) is 0.427. The highest BCUT2D eigenvalue weighted by Gasteiger charge is 2.09. The predicted molar refractivity (Wildman–Crippen MR) is 83.3 cm³/mol. The molecule has 0 bridgehead atoms. The number of benzene rings is 1. The van der Waals surface area contributed by atoms with E-state index in [2.05, 4.69) is 41.8 Å². The molecule has 0 aliphatic rings. The van der Waals surface area contributed by atoms with E-state index in [0.717, 1.165) is 6.42 Å². The van der Waals surface area contributed by atoms with E-state index in [1.54, 1.807) is 0 Å². The lowest BCUT2D eigenvalue weighted by Crippen LogP contribution is -2.42. The van der Waals surface area contributed by atoms with E-state index in [-0.39, 0.29) is 12.3 Å². The number of amides is 2. The lowest BCUT2D eigenvalue weighted by Gasteiger charge is -2.17.